The van der Waals surface area contributed by atoms with Crippen LogP contribution in [0.3, 0.4) is 0 Å². The topological polar surface area (TPSA) is 32.9 Å². The highest BCUT2D eigenvalue weighted by atomic mass is 79.9. The predicted molar refractivity (Wildman–Crippen MR) is 75.8 cm³/mol. The van der Waals surface area contributed by atoms with Crippen molar-refractivity contribution in [3.63, 3.8) is 0 Å². The van der Waals surface area contributed by atoms with Gasteiger partial charge in [0.1, 0.15) is 5.82 Å². The number of aromatic nitrogens is 1. The van der Waals surface area contributed by atoms with E-state index in [4.69, 9.17) is 0 Å². The number of rotatable bonds is 2. The van der Waals surface area contributed by atoms with Gasteiger partial charge in [0.25, 0.3) is 0 Å². The predicted octanol–water partition coefficient (Wildman–Crippen LogP) is 4.30. The molecule has 0 amide bonds. The first kappa shape index (κ1) is 12.1. The third kappa shape index (κ3) is 2.08. The highest BCUT2D eigenvalue weighted by Crippen LogP contribution is 2.23. The van der Waals surface area contributed by atoms with Gasteiger partial charge in [-0.3, -0.25) is 4.79 Å². The summed E-state index contributed by atoms with van der Waals surface area (Å²) in [6, 6.07) is 11.9. The van der Waals surface area contributed by atoms with E-state index in [1.807, 2.05) is 24.3 Å². The van der Waals surface area contributed by atoms with E-state index in [0.717, 1.165) is 10.9 Å². The molecule has 1 aromatic heterocycles. The summed E-state index contributed by atoms with van der Waals surface area (Å²) in [6.45, 7) is 0. The van der Waals surface area contributed by atoms with Crippen molar-refractivity contribution in [1.29, 1.82) is 0 Å². The number of carbonyl (C=O) groups excluding carboxylic acids is 1. The Morgan fingerprint density at radius 3 is 2.68 bits per heavy atom. The normalized spacial score (nSPS) is 10.8. The number of nitrogens with one attached hydrogen (secondary N) is 1. The lowest BCUT2D eigenvalue weighted by atomic mass is 10.0. The van der Waals surface area contributed by atoms with Crippen LogP contribution >= 0.6 is 15.9 Å². The monoisotopic (exact) mass is 317 g/mol. The second-order valence-electron chi connectivity index (χ2n) is 4.20. The highest BCUT2D eigenvalue weighted by molar-refractivity contribution is 9.10. The van der Waals surface area contributed by atoms with Gasteiger partial charge in [-0.15, -0.1) is 0 Å². The van der Waals surface area contributed by atoms with Gasteiger partial charge in [0.15, 0.2) is 5.78 Å². The number of fused-ring (bicyclic) bond motifs is 1. The molecule has 0 spiro atoms. The molecule has 0 aliphatic heterocycles. The van der Waals surface area contributed by atoms with E-state index in [2.05, 4.69) is 20.9 Å². The van der Waals surface area contributed by atoms with E-state index in [1.54, 1.807) is 12.3 Å². The lowest BCUT2D eigenvalue weighted by Gasteiger charge is -2.02. The summed E-state index contributed by atoms with van der Waals surface area (Å²) < 4.78 is 14.4. The van der Waals surface area contributed by atoms with Gasteiger partial charge in [0.2, 0.25) is 0 Å². The molecule has 0 saturated heterocycles. The van der Waals surface area contributed by atoms with Crippen molar-refractivity contribution in [3.05, 3.63) is 70.1 Å². The zero-order valence-corrected chi connectivity index (χ0v) is 11.4. The summed E-state index contributed by atoms with van der Waals surface area (Å²) in [5.74, 6) is -0.841. The highest BCUT2D eigenvalue weighted by Gasteiger charge is 2.17. The standard InChI is InChI=1S/C15H9BrFNO/c16-9-5-6-11(13(17)7-9)15(19)12-8-18-14-4-2-1-3-10(12)14/h1-8,18H. The van der Waals surface area contributed by atoms with Crippen molar-refractivity contribution in [2.45, 2.75) is 0 Å². The fourth-order valence-corrected chi connectivity index (χ4v) is 2.41. The van der Waals surface area contributed by atoms with Gasteiger partial charge in [0.05, 0.1) is 5.56 Å². The van der Waals surface area contributed by atoms with Crippen LogP contribution in [0.2, 0.25) is 0 Å². The molecule has 0 radical (unpaired) electrons. The number of para-hydroxylation sites is 1. The van der Waals surface area contributed by atoms with Crippen LogP contribution in [0, 0.1) is 5.82 Å². The smallest absolute Gasteiger partial charge is 0.198 e. The molecule has 19 heavy (non-hydrogen) atoms. The van der Waals surface area contributed by atoms with Crippen molar-refractivity contribution in [2.24, 2.45) is 0 Å². The van der Waals surface area contributed by atoms with E-state index < -0.39 is 5.82 Å². The molecule has 0 unspecified atom stereocenters. The minimum atomic E-state index is -0.523. The van der Waals surface area contributed by atoms with Gasteiger partial charge in [-0.1, -0.05) is 34.1 Å². The van der Waals surface area contributed by atoms with Gasteiger partial charge >= 0.3 is 0 Å². The van der Waals surface area contributed by atoms with Crippen LogP contribution < -0.4 is 0 Å². The summed E-state index contributed by atoms with van der Waals surface area (Å²) in [5.41, 5.74) is 1.42. The average Bonchev–Trinajstić information content (AvgIpc) is 2.82. The van der Waals surface area contributed by atoms with E-state index in [1.165, 1.54) is 12.1 Å². The summed E-state index contributed by atoms with van der Waals surface area (Å²) in [6.07, 6.45) is 1.62. The molecular weight excluding hydrogens is 309 g/mol. The molecule has 2 nitrogen and oxygen atoms in total. The number of hydrogen-bond acceptors (Lipinski definition) is 1. The Hall–Kier alpha value is -1.94. The Morgan fingerprint density at radius 1 is 1.11 bits per heavy atom. The fraction of sp³-hybridized carbons (Fsp3) is 0. The minimum absolute atomic E-state index is 0.0768. The van der Waals surface area contributed by atoms with Crippen LogP contribution in [0.5, 0.6) is 0 Å². The molecule has 2 aromatic carbocycles. The van der Waals surface area contributed by atoms with Gasteiger partial charge < -0.3 is 4.98 Å². The third-order valence-electron chi connectivity index (χ3n) is 3.01. The molecule has 0 atom stereocenters. The molecule has 3 aromatic rings. The second kappa shape index (κ2) is 4.63. The molecule has 0 fully saturated rings. The number of H-pyrrole nitrogens is 1. The summed E-state index contributed by atoms with van der Waals surface area (Å²) in [4.78, 5) is 15.4. The fourth-order valence-electron chi connectivity index (χ4n) is 2.08. The maximum atomic E-state index is 13.8. The SMILES string of the molecule is O=C(c1ccc(Br)cc1F)c1c[nH]c2ccccc12. The van der Waals surface area contributed by atoms with Gasteiger partial charge in [-0.05, 0) is 24.3 Å². The van der Waals surface area contributed by atoms with Crippen LogP contribution in [0.25, 0.3) is 10.9 Å². The number of aromatic amines is 1. The molecule has 1 N–H and O–H groups in total. The summed E-state index contributed by atoms with van der Waals surface area (Å²) >= 11 is 3.18. The number of hydrogen-bond donors (Lipinski definition) is 1. The first-order valence-electron chi connectivity index (χ1n) is 5.72. The number of halogens is 2. The first-order valence-corrected chi connectivity index (χ1v) is 6.52. The van der Waals surface area contributed by atoms with E-state index in [-0.39, 0.29) is 11.3 Å². The maximum absolute atomic E-state index is 13.8. The molecule has 4 heteroatoms. The van der Waals surface area contributed by atoms with Crippen LogP contribution in [-0.4, -0.2) is 10.8 Å². The number of carbonyl (C=O) groups is 1. The van der Waals surface area contributed by atoms with Crippen LogP contribution in [0.1, 0.15) is 15.9 Å². The number of ketones is 1. The van der Waals surface area contributed by atoms with Gasteiger partial charge in [0, 0.05) is 27.1 Å². The zero-order valence-electron chi connectivity index (χ0n) is 9.78. The molecule has 0 aliphatic rings. The van der Waals surface area contributed by atoms with Gasteiger partial charge in [-0.25, -0.2) is 4.39 Å². The Morgan fingerprint density at radius 2 is 1.89 bits per heavy atom. The molecule has 1 heterocycles. The molecular formula is C15H9BrFNO. The molecule has 0 saturated carbocycles. The summed E-state index contributed by atoms with van der Waals surface area (Å²) in [5, 5.41) is 0.801. The molecule has 0 bridgehead atoms. The Kier molecular flexibility index (Phi) is 2.95. The van der Waals surface area contributed by atoms with Crippen molar-refractivity contribution < 1.29 is 9.18 Å². The Balaban J connectivity index is 2.13. The summed E-state index contributed by atoms with van der Waals surface area (Å²) in [7, 11) is 0. The zero-order chi connectivity index (χ0) is 13.4. The van der Waals surface area contributed by atoms with Crippen LogP contribution in [0.15, 0.2) is 53.1 Å². The third-order valence-corrected chi connectivity index (χ3v) is 3.50. The Bertz CT molecular complexity index is 779. The minimum Gasteiger partial charge on any atom is -0.360 e. The van der Waals surface area contributed by atoms with Crippen molar-refractivity contribution in [2.75, 3.05) is 0 Å². The van der Waals surface area contributed by atoms with E-state index in [9.17, 15) is 9.18 Å². The van der Waals surface area contributed by atoms with Crippen LogP contribution in [-0.2, 0) is 0 Å². The first-order chi connectivity index (χ1) is 9.16. The lowest BCUT2D eigenvalue weighted by Crippen LogP contribution is -2.03. The Labute approximate surface area is 117 Å². The van der Waals surface area contributed by atoms with Crippen molar-refractivity contribution in [1.82, 2.24) is 4.98 Å². The maximum Gasteiger partial charge on any atom is 0.198 e. The van der Waals surface area contributed by atoms with Crippen molar-refractivity contribution in [3.8, 4) is 0 Å². The van der Waals surface area contributed by atoms with E-state index in [0.29, 0.717) is 10.0 Å². The van der Waals surface area contributed by atoms with Gasteiger partial charge in [-0.2, -0.15) is 0 Å². The second-order valence-corrected chi connectivity index (χ2v) is 5.12. The molecule has 3 rings (SSSR count). The lowest BCUT2D eigenvalue weighted by molar-refractivity contribution is 0.103. The molecule has 94 valence electrons. The van der Waals surface area contributed by atoms with E-state index >= 15 is 0 Å². The number of benzene rings is 2. The quantitative estimate of drug-likeness (QED) is 0.702. The molecule has 0 aliphatic carbocycles. The van der Waals surface area contributed by atoms with Crippen LogP contribution in [0.4, 0.5) is 4.39 Å². The largest absolute Gasteiger partial charge is 0.360 e. The average molecular weight is 318 g/mol. The van der Waals surface area contributed by atoms with Crippen molar-refractivity contribution >= 4 is 32.6 Å².